The van der Waals surface area contributed by atoms with Gasteiger partial charge in [0.05, 0.1) is 0 Å². The zero-order valence-corrected chi connectivity index (χ0v) is 25.7. The van der Waals surface area contributed by atoms with Gasteiger partial charge in [0.15, 0.2) is 0 Å². The molecule has 1 saturated heterocycles. The van der Waals surface area contributed by atoms with Crippen LogP contribution in [0.2, 0.25) is 0 Å². The van der Waals surface area contributed by atoms with Crippen LogP contribution in [0.15, 0.2) is 66.7 Å². The highest BCUT2D eigenvalue weighted by Gasteiger charge is 2.16. The Morgan fingerprint density at radius 3 is 2.08 bits per heavy atom. The molecule has 212 valence electrons. The Kier molecular flexibility index (Phi) is 17.1. The topological polar surface area (TPSA) is 61.4 Å². The fourth-order valence-electron chi connectivity index (χ4n) is 3.41. The molecule has 0 unspecified atom stereocenters. The monoisotopic (exact) mass is 549 g/mol. The standard InChI is InChI=1S/C19H23N3OS.C7H6O.C4H10.C3H8/c1-13-5-6-15(12-18(13)20-3)21-19(23)17-8-7-16(11-14(17)2)22-9-4-10-24-22;8-6-7-4-2-1-3-5-7;1-3-4-2;1-3-2/h5-8,11-12,20H,4,9-10H2,1-3H3,(H,21,23);1-6H;3-4H2,1-2H3;3H2,1-2H3. The van der Waals surface area contributed by atoms with Gasteiger partial charge in [-0.15, -0.1) is 0 Å². The molecule has 5 nitrogen and oxygen atoms in total. The molecule has 0 radical (unpaired) electrons. The Morgan fingerprint density at radius 1 is 0.923 bits per heavy atom. The maximum atomic E-state index is 12.6. The zero-order chi connectivity index (χ0) is 29.0. The predicted octanol–water partition coefficient (Wildman–Crippen LogP) is 9.18. The average molecular weight is 550 g/mol. The molecule has 0 saturated carbocycles. The van der Waals surface area contributed by atoms with E-state index in [0.717, 1.165) is 46.5 Å². The van der Waals surface area contributed by atoms with Gasteiger partial charge < -0.3 is 14.9 Å². The molecule has 39 heavy (non-hydrogen) atoms. The molecular weight excluding hydrogens is 502 g/mol. The smallest absolute Gasteiger partial charge is 0.255 e. The molecule has 0 aromatic heterocycles. The van der Waals surface area contributed by atoms with E-state index in [-0.39, 0.29) is 5.91 Å². The average Bonchev–Trinajstić information content (AvgIpc) is 3.50. The van der Waals surface area contributed by atoms with Crippen molar-refractivity contribution >= 4 is 41.2 Å². The van der Waals surface area contributed by atoms with Gasteiger partial charge >= 0.3 is 0 Å². The van der Waals surface area contributed by atoms with Crippen molar-refractivity contribution in [3.8, 4) is 0 Å². The molecule has 2 N–H and O–H groups in total. The minimum absolute atomic E-state index is 0.0703. The van der Waals surface area contributed by atoms with Crippen LogP contribution in [-0.4, -0.2) is 31.5 Å². The first-order valence-electron chi connectivity index (χ1n) is 14.0. The van der Waals surface area contributed by atoms with Gasteiger partial charge in [-0.2, -0.15) is 0 Å². The number of nitrogens with zero attached hydrogens (tertiary/aromatic N) is 1. The van der Waals surface area contributed by atoms with Crippen LogP contribution in [0.4, 0.5) is 17.1 Å². The summed E-state index contributed by atoms with van der Waals surface area (Å²) in [5.41, 5.74) is 6.60. The highest BCUT2D eigenvalue weighted by molar-refractivity contribution is 8.00. The van der Waals surface area contributed by atoms with Crippen molar-refractivity contribution in [2.75, 3.05) is 34.3 Å². The second-order valence-corrected chi connectivity index (χ2v) is 10.4. The molecular formula is C33H47N3O2S. The van der Waals surface area contributed by atoms with Crippen molar-refractivity contribution < 1.29 is 9.59 Å². The van der Waals surface area contributed by atoms with Crippen LogP contribution in [-0.2, 0) is 0 Å². The predicted molar refractivity (Wildman–Crippen MR) is 173 cm³/mol. The summed E-state index contributed by atoms with van der Waals surface area (Å²) in [4.78, 5) is 22.6. The van der Waals surface area contributed by atoms with Crippen molar-refractivity contribution in [3.63, 3.8) is 0 Å². The maximum Gasteiger partial charge on any atom is 0.255 e. The van der Waals surface area contributed by atoms with Crippen LogP contribution in [0.1, 0.15) is 85.2 Å². The van der Waals surface area contributed by atoms with E-state index in [0.29, 0.717) is 0 Å². The van der Waals surface area contributed by atoms with Gasteiger partial charge in [0.1, 0.15) is 6.29 Å². The van der Waals surface area contributed by atoms with Gasteiger partial charge in [-0.1, -0.05) is 83.4 Å². The SMILES string of the molecule is CCC.CCCC.CNc1cc(NC(=O)c2ccc(N3CCCS3)cc2C)ccc1C.O=Cc1ccccc1. The van der Waals surface area contributed by atoms with E-state index < -0.39 is 0 Å². The highest BCUT2D eigenvalue weighted by Crippen LogP contribution is 2.30. The Balaban J connectivity index is 0.000000416. The summed E-state index contributed by atoms with van der Waals surface area (Å²) in [6.07, 6.45) is 5.94. The van der Waals surface area contributed by atoms with Gasteiger partial charge in [0.25, 0.3) is 5.91 Å². The van der Waals surface area contributed by atoms with E-state index in [1.54, 1.807) is 12.1 Å². The lowest BCUT2D eigenvalue weighted by Gasteiger charge is -2.17. The number of hydrogen-bond donors (Lipinski definition) is 2. The van der Waals surface area contributed by atoms with Gasteiger partial charge in [-0.25, -0.2) is 0 Å². The Bertz CT molecular complexity index is 1110. The third-order valence-corrected chi connectivity index (χ3v) is 6.87. The maximum absolute atomic E-state index is 12.6. The van der Waals surface area contributed by atoms with E-state index in [1.807, 2.05) is 81.4 Å². The second kappa shape index (κ2) is 19.8. The van der Waals surface area contributed by atoms with Crippen LogP contribution in [0.5, 0.6) is 0 Å². The number of aldehydes is 1. The molecule has 1 amide bonds. The Morgan fingerprint density at radius 2 is 1.59 bits per heavy atom. The minimum Gasteiger partial charge on any atom is -0.388 e. The van der Waals surface area contributed by atoms with Gasteiger partial charge in [-0.3, -0.25) is 9.59 Å². The molecule has 3 aromatic rings. The van der Waals surface area contributed by atoms with E-state index in [1.165, 1.54) is 37.1 Å². The Hall–Kier alpha value is -3.25. The van der Waals surface area contributed by atoms with E-state index >= 15 is 0 Å². The van der Waals surface area contributed by atoms with Crippen molar-refractivity contribution in [2.45, 2.75) is 67.2 Å². The fraction of sp³-hybridized carbons (Fsp3) is 0.394. The number of aryl methyl sites for hydroxylation is 2. The van der Waals surface area contributed by atoms with Crippen LogP contribution < -0.4 is 14.9 Å². The number of rotatable bonds is 6. The summed E-state index contributed by atoms with van der Waals surface area (Å²) in [6, 6.07) is 21.0. The van der Waals surface area contributed by atoms with Crippen molar-refractivity contribution in [3.05, 3.63) is 89.0 Å². The van der Waals surface area contributed by atoms with Crippen molar-refractivity contribution in [1.29, 1.82) is 0 Å². The first kappa shape index (κ1) is 33.8. The normalized spacial score (nSPS) is 11.5. The first-order chi connectivity index (χ1) is 18.8. The third kappa shape index (κ3) is 12.4. The van der Waals surface area contributed by atoms with E-state index in [9.17, 15) is 9.59 Å². The van der Waals surface area contributed by atoms with Crippen molar-refractivity contribution in [2.24, 2.45) is 0 Å². The lowest BCUT2D eigenvalue weighted by atomic mass is 10.1. The largest absolute Gasteiger partial charge is 0.388 e. The highest BCUT2D eigenvalue weighted by atomic mass is 32.2. The summed E-state index contributed by atoms with van der Waals surface area (Å²) in [5.74, 6) is 1.10. The van der Waals surface area contributed by atoms with Crippen LogP contribution >= 0.6 is 11.9 Å². The number of unbranched alkanes of at least 4 members (excludes halogenated alkanes) is 1. The number of carbonyl (C=O) groups is 2. The number of nitrogens with one attached hydrogen (secondary N) is 2. The van der Waals surface area contributed by atoms with Gasteiger partial charge in [-0.05, 0) is 73.7 Å². The van der Waals surface area contributed by atoms with Gasteiger partial charge in [0.2, 0.25) is 0 Å². The van der Waals surface area contributed by atoms with Crippen molar-refractivity contribution in [1.82, 2.24) is 0 Å². The number of amides is 1. The third-order valence-electron chi connectivity index (χ3n) is 5.70. The molecule has 1 aliphatic rings. The molecule has 6 heteroatoms. The Labute approximate surface area is 240 Å². The van der Waals surface area contributed by atoms with Crippen LogP contribution in [0.3, 0.4) is 0 Å². The molecule has 1 aliphatic heterocycles. The summed E-state index contributed by atoms with van der Waals surface area (Å²) in [6.45, 7) is 13.7. The summed E-state index contributed by atoms with van der Waals surface area (Å²) < 4.78 is 2.30. The molecule has 0 atom stereocenters. The fourth-order valence-corrected chi connectivity index (χ4v) is 4.41. The lowest BCUT2D eigenvalue weighted by molar-refractivity contribution is 0.102. The molecule has 0 spiro atoms. The number of carbonyl (C=O) groups excluding carboxylic acids is 2. The van der Waals surface area contributed by atoms with E-state index in [4.69, 9.17) is 0 Å². The zero-order valence-electron chi connectivity index (χ0n) is 24.8. The molecule has 0 aliphatic carbocycles. The quantitative estimate of drug-likeness (QED) is 0.237. The molecule has 3 aromatic carbocycles. The lowest BCUT2D eigenvalue weighted by Crippen LogP contribution is -2.15. The minimum atomic E-state index is -0.0703. The summed E-state index contributed by atoms with van der Waals surface area (Å²) >= 11 is 1.85. The molecule has 1 heterocycles. The number of hydrogen-bond acceptors (Lipinski definition) is 5. The van der Waals surface area contributed by atoms with Crippen LogP contribution in [0.25, 0.3) is 0 Å². The molecule has 0 bridgehead atoms. The van der Waals surface area contributed by atoms with Crippen LogP contribution in [0, 0.1) is 13.8 Å². The number of benzene rings is 3. The van der Waals surface area contributed by atoms with E-state index in [2.05, 4.69) is 48.7 Å². The first-order valence-corrected chi connectivity index (χ1v) is 14.9. The molecule has 4 rings (SSSR count). The second-order valence-electron chi connectivity index (χ2n) is 9.26. The summed E-state index contributed by atoms with van der Waals surface area (Å²) in [5, 5.41) is 6.13. The van der Waals surface area contributed by atoms with Gasteiger partial charge in [0, 0.05) is 47.5 Å². The molecule has 1 fully saturated rings. The summed E-state index contributed by atoms with van der Waals surface area (Å²) in [7, 11) is 1.88. The number of anilines is 3.